The lowest BCUT2D eigenvalue weighted by Gasteiger charge is -2.23. The molecule has 1 aromatic carbocycles. The van der Waals surface area contributed by atoms with Gasteiger partial charge in [-0.15, -0.1) is 6.58 Å². The van der Waals surface area contributed by atoms with Crippen LogP contribution in [-0.4, -0.2) is 30.5 Å². The lowest BCUT2D eigenvalue weighted by atomic mass is 9.85. The Kier molecular flexibility index (Phi) is 8.52. The van der Waals surface area contributed by atoms with Crippen molar-refractivity contribution in [2.24, 2.45) is 13.0 Å². The van der Waals surface area contributed by atoms with Crippen LogP contribution < -0.4 is 10.0 Å². The summed E-state index contributed by atoms with van der Waals surface area (Å²) >= 11 is 0. The smallest absolute Gasteiger partial charge is 0.345 e. The molecule has 11 heteroatoms. The van der Waals surface area contributed by atoms with Crippen LogP contribution in [0.25, 0.3) is 11.1 Å². The zero-order valence-corrected chi connectivity index (χ0v) is 23.6. The average molecular weight is 577 g/mol. The second-order valence-electron chi connectivity index (χ2n) is 10.9. The van der Waals surface area contributed by atoms with Crippen LogP contribution >= 0.6 is 0 Å². The molecule has 1 unspecified atom stereocenters. The number of halogens is 3. The molecule has 2 saturated carbocycles. The van der Waals surface area contributed by atoms with E-state index in [1.807, 2.05) is 13.0 Å². The summed E-state index contributed by atoms with van der Waals surface area (Å²) in [4.78, 5) is 12.3. The van der Waals surface area contributed by atoms with E-state index in [9.17, 15) is 31.6 Å². The van der Waals surface area contributed by atoms with Crippen molar-refractivity contribution in [1.29, 1.82) is 5.26 Å². The molecule has 0 bridgehead atoms. The van der Waals surface area contributed by atoms with Crippen molar-refractivity contribution >= 4 is 15.9 Å². The van der Waals surface area contributed by atoms with Crippen molar-refractivity contribution in [3.05, 3.63) is 53.9 Å². The topological polar surface area (TPSA) is 104 Å². The predicted octanol–water partition coefficient (Wildman–Crippen LogP) is 5.86. The lowest BCUT2D eigenvalue weighted by Crippen LogP contribution is -2.36. The summed E-state index contributed by atoms with van der Waals surface area (Å²) in [6.07, 6.45) is 3.67. The maximum absolute atomic E-state index is 14.3. The van der Waals surface area contributed by atoms with E-state index >= 15 is 0 Å². The van der Waals surface area contributed by atoms with Crippen LogP contribution in [0.4, 0.5) is 13.2 Å². The molecule has 1 atom stereocenters. The first kappa shape index (κ1) is 29.9. The van der Waals surface area contributed by atoms with E-state index in [2.05, 4.69) is 16.6 Å². The number of nitrogens with zero attached hydrogens (tertiary/aromatic N) is 2. The number of rotatable bonds is 10. The van der Waals surface area contributed by atoms with Crippen LogP contribution in [0.3, 0.4) is 0 Å². The minimum Gasteiger partial charge on any atom is -0.345 e. The van der Waals surface area contributed by atoms with Gasteiger partial charge in [0.1, 0.15) is 11.2 Å². The molecule has 4 rings (SSSR count). The molecule has 2 fully saturated rings. The SMILES string of the molecule is C=CC(CC)NC(=O)c1cc(-c2ccc(S(=O)(=O)NC3(C#N)CC3)c(C(F)(F)F)c2)c(CC2CCCCC2)n1C. The summed E-state index contributed by atoms with van der Waals surface area (Å²) in [5.74, 6) is -0.0312. The Bertz CT molecular complexity index is 1430. The third kappa shape index (κ3) is 6.28. The first-order chi connectivity index (χ1) is 18.8. The zero-order chi connectivity index (χ0) is 29.3. The average Bonchev–Trinajstić information content (AvgIpc) is 3.61. The first-order valence-electron chi connectivity index (χ1n) is 13.6. The predicted molar refractivity (Wildman–Crippen MR) is 146 cm³/mol. The second-order valence-corrected chi connectivity index (χ2v) is 12.5. The summed E-state index contributed by atoms with van der Waals surface area (Å²) in [5, 5.41) is 12.2. The Morgan fingerprint density at radius 2 is 1.93 bits per heavy atom. The molecule has 0 saturated heterocycles. The Balaban J connectivity index is 1.81. The van der Waals surface area contributed by atoms with E-state index in [1.165, 1.54) is 6.07 Å². The fraction of sp³-hybridized carbons (Fsp3) is 0.517. The molecule has 1 heterocycles. The number of hydrogen-bond donors (Lipinski definition) is 2. The number of nitrogens with one attached hydrogen (secondary N) is 2. The van der Waals surface area contributed by atoms with Gasteiger partial charge in [-0.2, -0.15) is 23.2 Å². The van der Waals surface area contributed by atoms with Gasteiger partial charge in [0.2, 0.25) is 10.0 Å². The number of alkyl halides is 3. The van der Waals surface area contributed by atoms with Gasteiger partial charge in [0, 0.05) is 24.3 Å². The van der Waals surface area contributed by atoms with Gasteiger partial charge < -0.3 is 9.88 Å². The Labute approximate surface area is 233 Å². The Morgan fingerprint density at radius 1 is 1.25 bits per heavy atom. The molecule has 0 aliphatic heterocycles. The third-order valence-electron chi connectivity index (χ3n) is 8.02. The summed E-state index contributed by atoms with van der Waals surface area (Å²) in [6, 6.07) is 6.28. The highest BCUT2D eigenvalue weighted by Crippen LogP contribution is 2.41. The van der Waals surface area contributed by atoms with Gasteiger partial charge in [-0.1, -0.05) is 51.2 Å². The summed E-state index contributed by atoms with van der Waals surface area (Å²) in [7, 11) is -2.89. The largest absolute Gasteiger partial charge is 0.417 e. The highest BCUT2D eigenvalue weighted by atomic mass is 32.2. The minimum absolute atomic E-state index is 0.170. The Hall–Kier alpha value is -3.10. The monoisotopic (exact) mass is 576 g/mol. The number of hydrogen-bond acceptors (Lipinski definition) is 4. The number of aromatic nitrogens is 1. The van der Waals surface area contributed by atoms with E-state index in [0.717, 1.165) is 49.9 Å². The second kappa shape index (κ2) is 11.4. The number of sulfonamides is 1. The summed E-state index contributed by atoms with van der Waals surface area (Å²) in [6.45, 7) is 5.65. The van der Waals surface area contributed by atoms with Gasteiger partial charge in [-0.25, -0.2) is 8.42 Å². The minimum atomic E-state index is -4.97. The van der Waals surface area contributed by atoms with Gasteiger partial charge in [0.05, 0.1) is 16.5 Å². The van der Waals surface area contributed by atoms with Crippen molar-refractivity contribution in [1.82, 2.24) is 14.6 Å². The van der Waals surface area contributed by atoms with Gasteiger partial charge in [-0.05, 0) is 55.4 Å². The zero-order valence-electron chi connectivity index (χ0n) is 22.8. The van der Waals surface area contributed by atoms with Crippen molar-refractivity contribution in [3.8, 4) is 17.2 Å². The van der Waals surface area contributed by atoms with Crippen LogP contribution in [0.5, 0.6) is 0 Å². The summed E-state index contributed by atoms with van der Waals surface area (Å²) < 4.78 is 72.7. The fourth-order valence-corrected chi connectivity index (χ4v) is 7.01. The van der Waals surface area contributed by atoms with Crippen molar-refractivity contribution in [2.75, 3.05) is 0 Å². The Morgan fingerprint density at radius 3 is 2.48 bits per heavy atom. The number of carbonyl (C=O) groups is 1. The van der Waals surface area contributed by atoms with E-state index < -0.39 is 32.2 Å². The fourth-order valence-electron chi connectivity index (χ4n) is 5.42. The highest BCUT2D eigenvalue weighted by molar-refractivity contribution is 7.89. The molecule has 7 nitrogen and oxygen atoms in total. The molecule has 2 aliphatic rings. The number of amides is 1. The maximum atomic E-state index is 14.3. The first-order valence-corrected chi connectivity index (χ1v) is 15.1. The lowest BCUT2D eigenvalue weighted by molar-refractivity contribution is -0.139. The van der Waals surface area contributed by atoms with Gasteiger partial charge in [0.25, 0.3) is 5.91 Å². The molecule has 0 radical (unpaired) electrons. The van der Waals surface area contributed by atoms with Crippen molar-refractivity contribution in [2.45, 2.75) is 87.4 Å². The van der Waals surface area contributed by atoms with Crippen LogP contribution in [0.1, 0.15) is 80.0 Å². The number of carbonyl (C=O) groups excluding carboxylic acids is 1. The molecule has 40 heavy (non-hydrogen) atoms. The standard InChI is InChI=1S/C29H35F3N4O3S/c1-4-21(5-2)34-27(37)25-17-22(24(36(25)3)15-19-9-7-6-8-10-19)20-11-12-26(23(16-20)29(30,31)32)40(38,39)35-28(18-33)13-14-28/h4,11-12,16-17,19,21,35H,1,5-10,13-15H2,2-3H3,(H,34,37). The maximum Gasteiger partial charge on any atom is 0.417 e. The molecule has 216 valence electrons. The molecular formula is C29H35F3N4O3S. The van der Waals surface area contributed by atoms with E-state index in [4.69, 9.17) is 0 Å². The van der Waals surface area contributed by atoms with E-state index in [0.29, 0.717) is 30.0 Å². The molecule has 2 aliphatic carbocycles. The molecule has 1 aromatic heterocycles. The van der Waals surface area contributed by atoms with E-state index in [1.54, 1.807) is 23.8 Å². The van der Waals surface area contributed by atoms with Crippen molar-refractivity contribution in [3.63, 3.8) is 0 Å². The highest BCUT2D eigenvalue weighted by Gasteiger charge is 2.48. The summed E-state index contributed by atoms with van der Waals surface area (Å²) in [5.41, 5.74) is -1.02. The van der Waals surface area contributed by atoms with Gasteiger partial charge >= 0.3 is 6.18 Å². The quantitative estimate of drug-likeness (QED) is 0.346. The van der Waals surface area contributed by atoms with Crippen LogP contribution in [-0.2, 0) is 29.7 Å². The van der Waals surface area contributed by atoms with Crippen LogP contribution in [0.2, 0.25) is 0 Å². The molecule has 0 spiro atoms. The van der Waals surface area contributed by atoms with Gasteiger partial charge in [-0.3, -0.25) is 4.79 Å². The van der Waals surface area contributed by atoms with Crippen molar-refractivity contribution < 1.29 is 26.4 Å². The molecule has 1 amide bonds. The third-order valence-corrected chi connectivity index (χ3v) is 9.61. The molecular weight excluding hydrogens is 541 g/mol. The normalized spacial score (nSPS) is 18.1. The molecule has 2 N–H and O–H groups in total. The number of benzene rings is 1. The molecule has 2 aromatic rings. The van der Waals surface area contributed by atoms with E-state index in [-0.39, 0.29) is 30.4 Å². The van der Waals surface area contributed by atoms with Gasteiger partial charge in [0.15, 0.2) is 0 Å². The van der Waals surface area contributed by atoms with Crippen LogP contribution in [0, 0.1) is 17.2 Å². The number of nitriles is 1. The van der Waals surface area contributed by atoms with Crippen LogP contribution in [0.15, 0.2) is 41.8 Å².